The Bertz CT molecular complexity index is 418. The number of halogens is 1. The van der Waals surface area contributed by atoms with Gasteiger partial charge in [-0.25, -0.2) is 0 Å². The minimum Gasteiger partial charge on any atom is -0.492 e. The molecule has 0 radical (unpaired) electrons. The summed E-state index contributed by atoms with van der Waals surface area (Å²) in [6.45, 7) is 3.95. The van der Waals surface area contributed by atoms with E-state index >= 15 is 0 Å². The molecule has 1 aliphatic rings. The van der Waals surface area contributed by atoms with Crippen molar-refractivity contribution in [3.8, 4) is 5.75 Å². The number of ether oxygens (including phenoxy) is 1. The zero-order valence-electron chi connectivity index (χ0n) is 10.9. The highest BCUT2D eigenvalue weighted by molar-refractivity contribution is 9.10. The van der Waals surface area contributed by atoms with Crippen molar-refractivity contribution >= 4 is 21.8 Å². The highest BCUT2D eigenvalue weighted by Crippen LogP contribution is 2.23. The maximum atomic E-state index is 12.0. The summed E-state index contributed by atoms with van der Waals surface area (Å²) in [4.78, 5) is 14.0. The third kappa shape index (κ3) is 4.51. The van der Waals surface area contributed by atoms with E-state index in [1.807, 2.05) is 29.2 Å². The largest absolute Gasteiger partial charge is 0.492 e. The van der Waals surface area contributed by atoms with Gasteiger partial charge in [-0.3, -0.25) is 4.79 Å². The van der Waals surface area contributed by atoms with E-state index in [9.17, 15) is 4.79 Å². The lowest BCUT2D eigenvalue weighted by Gasteiger charge is -2.20. The Morgan fingerprint density at radius 2 is 2.16 bits per heavy atom. The van der Waals surface area contributed by atoms with Crippen molar-refractivity contribution in [3.63, 3.8) is 0 Å². The van der Waals surface area contributed by atoms with Crippen molar-refractivity contribution in [1.29, 1.82) is 0 Å². The normalized spacial score (nSPS) is 15.9. The first-order valence-electron chi connectivity index (χ1n) is 6.63. The lowest BCUT2D eigenvalue weighted by Crippen LogP contribution is -2.34. The number of nitrogens with zero attached hydrogens (tertiary/aromatic N) is 1. The molecule has 0 aliphatic carbocycles. The van der Waals surface area contributed by atoms with Gasteiger partial charge in [-0.05, 0) is 41.0 Å². The molecule has 1 N–H and O–H groups in total. The molecule has 0 atom stereocenters. The van der Waals surface area contributed by atoms with Crippen LogP contribution < -0.4 is 10.1 Å². The van der Waals surface area contributed by atoms with Crippen LogP contribution in [0.15, 0.2) is 28.7 Å². The molecular weight excluding hydrogens is 308 g/mol. The van der Waals surface area contributed by atoms with Gasteiger partial charge in [0.15, 0.2) is 0 Å². The number of rotatable bonds is 4. The van der Waals surface area contributed by atoms with Crippen molar-refractivity contribution in [1.82, 2.24) is 10.2 Å². The van der Waals surface area contributed by atoms with E-state index in [0.29, 0.717) is 13.0 Å². The van der Waals surface area contributed by atoms with Gasteiger partial charge in [-0.2, -0.15) is 0 Å². The van der Waals surface area contributed by atoms with E-state index in [1.54, 1.807) is 0 Å². The van der Waals surface area contributed by atoms with Crippen molar-refractivity contribution < 1.29 is 9.53 Å². The van der Waals surface area contributed by atoms with Crippen LogP contribution in [0.25, 0.3) is 0 Å². The Morgan fingerprint density at radius 3 is 3.00 bits per heavy atom. The molecule has 104 valence electrons. The van der Waals surface area contributed by atoms with Gasteiger partial charge in [0, 0.05) is 19.6 Å². The van der Waals surface area contributed by atoms with Crippen LogP contribution in [0.1, 0.15) is 12.8 Å². The summed E-state index contributed by atoms with van der Waals surface area (Å²) in [6, 6.07) is 7.68. The summed E-state index contributed by atoms with van der Waals surface area (Å²) in [5.41, 5.74) is 0. The topological polar surface area (TPSA) is 41.6 Å². The van der Waals surface area contributed by atoms with Crippen LogP contribution in [0.3, 0.4) is 0 Å². The van der Waals surface area contributed by atoms with Crippen molar-refractivity contribution in [3.05, 3.63) is 28.7 Å². The first kappa shape index (κ1) is 14.3. The third-order valence-electron chi connectivity index (χ3n) is 3.10. The van der Waals surface area contributed by atoms with Crippen molar-refractivity contribution in [2.45, 2.75) is 12.8 Å². The predicted octanol–water partition coefficient (Wildman–Crippen LogP) is 2.04. The fourth-order valence-corrected chi connectivity index (χ4v) is 2.46. The maximum absolute atomic E-state index is 12.0. The molecule has 0 saturated carbocycles. The smallest absolute Gasteiger partial charge is 0.226 e. The molecule has 1 amide bonds. The summed E-state index contributed by atoms with van der Waals surface area (Å²) in [7, 11) is 0. The second-order valence-corrected chi connectivity index (χ2v) is 5.37. The molecule has 0 bridgehead atoms. The van der Waals surface area contributed by atoms with Gasteiger partial charge in [0.2, 0.25) is 5.91 Å². The highest BCUT2D eigenvalue weighted by atomic mass is 79.9. The standard InChI is InChI=1S/C14H19BrN2O2/c15-12-4-1-2-5-13(12)19-11-6-14(18)17-9-3-7-16-8-10-17/h1-2,4-5,16H,3,6-11H2. The minimum absolute atomic E-state index is 0.177. The molecule has 1 fully saturated rings. The number of nitrogens with one attached hydrogen (secondary N) is 1. The third-order valence-corrected chi connectivity index (χ3v) is 3.76. The van der Waals surface area contributed by atoms with Crippen LogP contribution in [0.4, 0.5) is 0 Å². The molecule has 2 rings (SSSR count). The van der Waals surface area contributed by atoms with Crippen molar-refractivity contribution in [2.75, 3.05) is 32.8 Å². The molecule has 1 aromatic carbocycles. The lowest BCUT2D eigenvalue weighted by molar-refractivity contribution is -0.131. The van der Waals surface area contributed by atoms with Crippen LogP contribution in [-0.2, 0) is 4.79 Å². The van der Waals surface area contributed by atoms with E-state index in [1.165, 1.54) is 0 Å². The van der Waals surface area contributed by atoms with Gasteiger partial charge in [0.05, 0.1) is 17.5 Å². The number of hydrogen-bond donors (Lipinski definition) is 1. The van der Waals surface area contributed by atoms with Crippen molar-refractivity contribution in [2.24, 2.45) is 0 Å². The number of carbonyl (C=O) groups excluding carboxylic acids is 1. The first-order chi connectivity index (χ1) is 9.27. The summed E-state index contributed by atoms with van der Waals surface area (Å²) < 4.78 is 6.54. The van der Waals surface area contributed by atoms with Crippen LogP contribution in [0.5, 0.6) is 5.75 Å². The lowest BCUT2D eigenvalue weighted by atomic mass is 10.3. The second kappa shape index (κ2) is 7.50. The fraction of sp³-hybridized carbons (Fsp3) is 0.500. The number of hydrogen-bond acceptors (Lipinski definition) is 3. The average Bonchev–Trinajstić information content (AvgIpc) is 2.70. The van der Waals surface area contributed by atoms with Gasteiger partial charge in [0.25, 0.3) is 0 Å². The number of benzene rings is 1. The van der Waals surface area contributed by atoms with E-state index in [2.05, 4.69) is 21.2 Å². The monoisotopic (exact) mass is 326 g/mol. The summed E-state index contributed by atoms with van der Waals surface area (Å²) in [5.74, 6) is 0.962. The predicted molar refractivity (Wildman–Crippen MR) is 78.3 cm³/mol. The van der Waals surface area contributed by atoms with Gasteiger partial charge in [0.1, 0.15) is 5.75 Å². The summed E-state index contributed by atoms with van der Waals surface area (Å²) >= 11 is 3.42. The zero-order chi connectivity index (χ0) is 13.5. The highest BCUT2D eigenvalue weighted by Gasteiger charge is 2.15. The van der Waals surface area contributed by atoms with Gasteiger partial charge < -0.3 is 15.0 Å². The van der Waals surface area contributed by atoms with Crippen LogP contribution >= 0.6 is 15.9 Å². The Labute approximate surface area is 122 Å². The number of para-hydroxylation sites is 1. The van der Waals surface area contributed by atoms with Gasteiger partial charge in [-0.1, -0.05) is 12.1 Å². The molecule has 19 heavy (non-hydrogen) atoms. The Kier molecular flexibility index (Phi) is 5.66. The molecule has 1 aromatic rings. The fourth-order valence-electron chi connectivity index (χ4n) is 2.06. The average molecular weight is 327 g/mol. The number of amides is 1. The number of carbonyl (C=O) groups is 1. The van der Waals surface area contributed by atoms with Gasteiger partial charge >= 0.3 is 0 Å². The Balaban J connectivity index is 1.76. The molecule has 1 aliphatic heterocycles. The minimum atomic E-state index is 0.177. The van der Waals surface area contributed by atoms with Crippen LogP contribution in [0, 0.1) is 0 Å². The Hall–Kier alpha value is -1.07. The maximum Gasteiger partial charge on any atom is 0.226 e. The SMILES string of the molecule is O=C(CCOc1ccccc1Br)N1CCCNCC1. The zero-order valence-corrected chi connectivity index (χ0v) is 12.5. The molecule has 5 heteroatoms. The first-order valence-corrected chi connectivity index (χ1v) is 7.42. The van der Waals surface area contributed by atoms with Crippen LogP contribution in [0.2, 0.25) is 0 Å². The summed E-state index contributed by atoms with van der Waals surface area (Å²) in [5, 5.41) is 3.29. The molecule has 4 nitrogen and oxygen atoms in total. The second-order valence-electron chi connectivity index (χ2n) is 4.51. The molecule has 1 heterocycles. The Morgan fingerprint density at radius 1 is 1.32 bits per heavy atom. The summed E-state index contributed by atoms with van der Waals surface area (Å²) in [6.07, 6.45) is 1.46. The van der Waals surface area contributed by atoms with E-state index in [0.717, 1.165) is 42.8 Å². The van der Waals surface area contributed by atoms with E-state index in [4.69, 9.17) is 4.74 Å². The van der Waals surface area contributed by atoms with Crippen LogP contribution in [-0.4, -0.2) is 43.6 Å². The quantitative estimate of drug-likeness (QED) is 0.920. The van der Waals surface area contributed by atoms with Gasteiger partial charge in [-0.15, -0.1) is 0 Å². The molecule has 0 spiro atoms. The molecule has 1 saturated heterocycles. The molecule has 0 unspecified atom stereocenters. The van der Waals surface area contributed by atoms with E-state index < -0.39 is 0 Å². The molecular formula is C14H19BrN2O2. The molecule has 0 aromatic heterocycles. The van der Waals surface area contributed by atoms with E-state index in [-0.39, 0.29) is 5.91 Å².